The van der Waals surface area contributed by atoms with Crippen LogP contribution in [0.4, 0.5) is 0 Å². The summed E-state index contributed by atoms with van der Waals surface area (Å²) >= 11 is 7.12. The minimum absolute atomic E-state index is 0.0454. The second-order valence-corrected chi connectivity index (χ2v) is 6.53. The predicted octanol–water partition coefficient (Wildman–Crippen LogP) is 3.91. The smallest absolute Gasteiger partial charge is 0.303 e. The highest BCUT2D eigenvalue weighted by molar-refractivity contribution is 7.17. The lowest BCUT2D eigenvalue weighted by Gasteiger charge is -2.22. The van der Waals surface area contributed by atoms with E-state index in [4.69, 9.17) is 16.7 Å². The molecule has 0 saturated heterocycles. The van der Waals surface area contributed by atoms with Crippen LogP contribution in [0.25, 0.3) is 0 Å². The first-order valence-corrected chi connectivity index (χ1v) is 8.06. The van der Waals surface area contributed by atoms with E-state index in [1.54, 1.807) is 17.0 Å². The van der Waals surface area contributed by atoms with Crippen molar-refractivity contribution in [2.45, 2.75) is 19.4 Å². The highest BCUT2D eigenvalue weighted by atomic mass is 35.5. The number of amides is 1. The van der Waals surface area contributed by atoms with Gasteiger partial charge in [-0.05, 0) is 24.1 Å². The van der Waals surface area contributed by atoms with E-state index in [1.807, 2.05) is 30.3 Å². The summed E-state index contributed by atoms with van der Waals surface area (Å²) in [6.07, 6.45) is 0.469. The first-order chi connectivity index (χ1) is 10.6. The maximum Gasteiger partial charge on any atom is 0.303 e. The van der Waals surface area contributed by atoms with E-state index in [2.05, 4.69) is 0 Å². The van der Waals surface area contributed by atoms with Crippen molar-refractivity contribution in [3.05, 3.63) is 57.2 Å². The molecule has 4 nitrogen and oxygen atoms in total. The third-order valence-corrected chi connectivity index (χ3v) is 4.33. The van der Waals surface area contributed by atoms with Gasteiger partial charge in [0.25, 0.3) is 5.91 Å². The van der Waals surface area contributed by atoms with Gasteiger partial charge in [0.15, 0.2) is 0 Å². The average molecular weight is 338 g/mol. The molecule has 1 aromatic carbocycles. The number of halogens is 1. The highest BCUT2D eigenvalue weighted by Gasteiger charge is 2.18. The molecule has 0 radical (unpaired) electrons. The standard InChI is InChI=1S/C16H16ClNO3S/c17-14-9-8-13(22-14)16(21)18(10-4-7-15(19)20)11-12-5-2-1-3-6-12/h1-3,5-6,8-9H,4,7,10-11H2,(H,19,20). The van der Waals surface area contributed by atoms with Gasteiger partial charge in [-0.25, -0.2) is 0 Å². The van der Waals surface area contributed by atoms with Gasteiger partial charge in [0.2, 0.25) is 0 Å². The van der Waals surface area contributed by atoms with Crippen LogP contribution in [0, 0.1) is 0 Å². The van der Waals surface area contributed by atoms with Crippen molar-refractivity contribution < 1.29 is 14.7 Å². The summed E-state index contributed by atoms with van der Waals surface area (Å²) in [6.45, 7) is 0.852. The van der Waals surface area contributed by atoms with Crippen LogP contribution in [0.1, 0.15) is 28.1 Å². The molecular weight excluding hydrogens is 322 g/mol. The fourth-order valence-electron chi connectivity index (χ4n) is 2.06. The molecular formula is C16H16ClNO3S. The first-order valence-electron chi connectivity index (χ1n) is 6.86. The number of nitrogens with zero attached hydrogens (tertiary/aromatic N) is 1. The Morgan fingerprint density at radius 1 is 1.14 bits per heavy atom. The zero-order chi connectivity index (χ0) is 15.9. The average Bonchev–Trinajstić information content (AvgIpc) is 2.93. The molecule has 0 fully saturated rings. The zero-order valence-corrected chi connectivity index (χ0v) is 13.4. The van der Waals surface area contributed by atoms with E-state index in [-0.39, 0.29) is 12.3 Å². The van der Waals surface area contributed by atoms with Crippen molar-refractivity contribution in [1.82, 2.24) is 4.90 Å². The number of thiophene rings is 1. The second-order valence-electron chi connectivity index (χ2n) is 4.81. The summed E-state index contributed by atoms with van der Waals surface area (Å²) in [5, 5.41) is 8.76. The Morgan fingerprint density at radius 2 is 1.86 bits per heavy atom. The molecule has 0 aliphatic heterocycles. The number of hydrogen-bond acceptors (Lipinski definition) is 3. The number of benzene rings is 1. The lowest BCUT2D eigenvalue weighted by molar-refractivity contribution is -0.137. The maximum absolute atomic E-state index is 12.6. The van der Waals surface area contributed by atoms with Crippen LogP contribution >= 0.6 is 22.9 Å². The largest absolute Gasteiger partial charge is 0.481 e. The van der Waals surface area contributed by atoms with Gasteiger partial charge in [-0.2, -0.15) is 0 Å². The quantitative estimate of drug-likeness (QED) is 0.833. The van der Waals surface area contributed by atoms with Crippen molar-refractivity contribution in [2.75, 3.05) is 6.54 Å². The fraction of sp³-hybridized carbons (Fsp3) is 0.250. The van der Waals surface area contributed by atoms with Gasteiger partial charge >= 0.3 is 5.97 Å². The number of hydrogen-bond donors (Lipinski definition) is 1. The molecule has 1 N–H and O–H groups in total. The lowest BCUT2D eigenvalue weighted by Crippen LogP contribution is -2.31. The normalized spacial score (nSPS) is 10.4. The molecule has 116 valence electrons. The molecule has 22 heavy (non-hydrogen) atoms. The second kappa shape index (κ2) is 7.96. The molecule has 1 amide bonds. The predicted molar refractivity (Wildman–Crippen MR) is 87.4 cm³/mol. The molecule has 1 heterocycles. The zero-order valence-electron chi connectivity index (χ0n) is 11.9. The minimum Gasteiger partial charge on any atom is -0.481 e. The van der Waals surface area contributed by atoms with E-state index in [0.717, 1.165) is 5.56 Å². The molecule has 0 saturated carbocycles. The fourth-order valence-corrected chi connectivity index (χ4v) is 3.07. The first kappa shape index (κ1) is 16.5. The van der Waals surface area contributed by atoms with Crippen molar-refractivity contribution >= 4 is 34.8 Å². The molecule has 0 aliphatic carbocycles. The molecule has 6 heteroatoms. The summed E-state index contributed by atoms with van der Waals surface area (Å²) in [4.78, 5) is 25.5. The van der Waals surface area contributed by atoms with E-state index in [1.165, 1.54) is 11.3 Å². The maximum atomic E-state index is 12.6. The number of carboxylic acids is 1. The van der Waals surface area contributed by atoms with Crippen molar-refractivity contribution in [3.63, 3.8) is 0 Å². The van der Waals surface area contributed by atoms with Gasteiger partial charge in [0.05, 0.1) is 9.21 Å². The molecule has 0 spiro atoms. The van der Waals surface area contributed by atoms with Gasteiger partial charge in [-0.1, -0.05) is 41.9 Å². The highest BCUT2D eigenvalue weighted by Crippen LogP contribution is 2.23. The van der Waals surface area contributed by atoms with Crippen LogP contribution in [0.15, 0.2) is 42.5 Å². The third kappa shape index (κ3) is 4.86. The third-order valence-electron chi connectivity index (χ3n) is 3.11. The van der Waals surface area contributed by atoms with Crippen LogP contribution in [-0.4, -0.2) is 28.4 Å². The van der Waals surface area contributed by atoms with E-state index >= 15 is 0 Å². The molecule has 1 aromatic heterocycles. The molecule has 2 aromatic rings. The Balaban J connectivity index is 2.09. The topological polar surface area (TPSA) is 57.6 Å². The number of aliphatic carboxylic acids is 1. The summed E-state index contributed by atoms with van der Waals surface area (Å²) in [5.74, 6) is -0.975. The number of rotatable bonds is 7. The van der Waals surface area contributed by atoms with Crippen LogP contribution in [0.5, 0.6) is 0 Å². The SMILES string of the molecule is O=C(O)CCCN(Cc1ccccc1)C(=O)c1ccc(Cl)s1. The molecule has 0 unspecified atom stereocenters. The Morgan fingerprint density at radius 3 is 2.45 bits per heavy atom. The van der Waals surface area contributed by atoms with Gasteiger partial charge in [0.1, 0.15) is 0 Å². The number of carbonyl (C=O) groups excluding carboxylic acids is 1. The van der Waals surface area contributed by atoms with Crippen LogP contribution < -0.4 is 0 Å². The van der Waals surface area contributed by atoms with Gasteiger partial charge in [-0.3, -0.25) is 9.59 Å². The summed E-state index contributed by atoms with van der Waals surface area (Å²) in [5.41, 5.74) is 1.01. The number of carbonyl (C=O) groups is 2. The van der Waals surface area contributed by atoms with Crippen molar-refractivity contribution in [3.8, 4) is 0 Å². The van der Waals surface area contributed by atoms with Gasteiger partial charge in [0, 0.05) is 19.5 Å². The van der Waals surface area contributed by atoms with Crippen molar-refractivity contribution in [2.24, 2.45) is 0 Å². The van der Waals surface area contributed by atoms with E-state index in [0.29, 0.717) is 28.7 Å². The molecule has 0 aliphatic rings. The van der Waals surface area contributed by atoms with Crippen LogP contribution in [0.3, 0.4) is 0 Å². The summed E-state index contributed by atoms with van der Waals surface area (Å²) in [6, 6.07) is 13.0. The molecule has 0 atom stereocenters. The van der Waals surface area contributed by atoms with E-state index in [9.17, 15) is 9.59 Å². The molecule has 2 rings (SSSR count). The number of carboxylic acid groups (broad SMARTS) is 1. The molecule has 0 bridgehead atoms. The van der Waals surface area contributed by atoms with E-state index < -0.39 is 5.97 Å². The summed E-state index contributed by atoms with van der Waals surface area (Å²) in [7, 11) is 0. The van der Waals surface area contributed by atoms with Crippen LogP contribution in [0.2, 0.25) is 4.34 Å². The van der Waals surface area contributed by atoms with Crippen LogP contribution in [-0.2, 0) is 11.3 Å². The summed E-state index contributed by atoms with van der Waals surface area (Å²) < 4.78 is 0.563. The Labute approximate surface area is 137 Å². The Hall–Kier alpha value is -1.85. The Kier molecular flexibility index (Phi) is 5.98. The van der Waals surface area contributed by atoms with Gasteiger partial charge < -0.3 is 10.0 Å². The monoisotopic (exact) mass is 337 g/mol. The lowest BCUT2D eigenvalue weighted by atomic mass is 10.2. The van der Waals surface area contributed by atoms with Gasteiger partial charge in [-0.15, -0.1) is 11.3 Å². The Bertz CT molecular complexity index is 642. The van der Waals surface area contributed by atoms with Crippen molar-refractivity contribution in [1.29, 1.82) is 0 Å². The minimum atomic E-state index is -0.855.